The maximum absolute atomic E-state index is 11.8. The van der Waals surface area contributed by atoms with Crippen molar-refractivity contribution in [3.05, 3.63) is 0 Å². The molecular weight excluding hydrogens is 182 g/mol. The first kappa shape index (κ1) is 11.2. The van der Waals surface area contributed by atoms with Crippen molar-refractivity contribution in [1.82, 2.24) is 0 Å². The van der Waals surface area contributed by atoms with Gasteiger partial charge >= 0.3 is 0 Å². The van der Waals surface area contributed by atoms with E-state index in [2.05, 4.69) is 13.8 Å². The lowest BCUT2D eigenvalue weighted by molar-refractivity contribution is 0.443. The van der Waals surface area contributed by atoms with Crippen molar-refractivity contribution in [3.63, 3.8) is 0 Å². The SMILES string of the molecule is CC(C)CS(=O)C1CCCC(N)C1. The Labute approximate surface area is 83.7 Å². The summed E-state index contributed by atoms with van der Waals surface area (Å²) in [5.74, 6) is 1.39. The van der Waals surface area contributed by atoms with Crippen LogP contribution in [0.15, 0.2) is 0 Å². The molecule has 2 nitrogen and oxygen atoms in total. The summed E-state index contributed by atoms with van der Waals surface area (Å²) in [4.78, 5) is 0. The summed E-state index contributed by atoms with van der Waals surface area (Å²) in [6.45, 7) is 4.25. The molecule has 0 saturated heterocycles. The molecule has 1 saturated carbocycles. The third-order valence-corrected chi connectivity index (χ3v) is 4.70. The molecule has 0 spiro atoms. The van der Waals surface area contributed by atoms with Crippen molar-refractivity contribution < 1.29 is 4.21 Å². The summed E-state index contributed by atoms with van der Waals surface area (Å²) >= 11 is 0. The van der Waals surface area contributed by atoms with Gasteiger partial charge in [0.05, 0.1) is 0 Å². The summed E-state index contributed by atoms with van der Waals surface area (Å²) < 4.78 is 11.8. The zero-order valence-corrected chi connectivity index (χ0v) is 9.48. The fraction of sp³-hybridized carbons (Fsp3) is 1.00. The minimum atomic E-state index is -0.637. The maximum atomic E-state index is 11.8. The highest BCUT2D eigenvalue weighted by Gasteiger charge is 2.24. The molecular formula is C10H21NOS. The standard InChI is InChI=1S/C10H21NOS/c1-8(2)7-13(12)10-5-3-4-9(11)6-10/h8-10H,3-7,11H2,1-2H3. The zero-order chi connectivity index (χ0) is 9.84. The van der Waals surface area contributed by atoms with Gasteiger partial charge in [-0.15, -0.1) is 0 Å². The highest BCUT2D eigenvalue weighted by atomic mass is 32.2. The molecule has 0 bridgehead atoms. The van der Waals surface area contributed by atoms with Gasteiger partial charge in [-0.25, -0.2) is 0 Å². The molecule has 0 aromatic carbocycles. The molecule has 0 radical (unpaired) electrons. The molecule has 0 heterocycles. The van der Waals surface area contributed by atoms with Crippen LogP contribution in [0.25, 0.3) is 0 Å². The normalized spacial score (nSPS) is 32.0. The number of nitrogens with two attached hydrogens (primary N) is 1. The lowest BCUT2D eigenvalue weighted by Crippen LogP contribution is -2.34. The Balaban J connectivity index is 2.37. The van der Waals surface area contributed by atoms with Gasteiger partial charge in [0.2, 0.25) is 0 Å². The monoisotopic (exact) mass is 203 g/mol. The quantitative estimate of drug-likeness (QED) is 0.758. The molecule has 1 aliphatic carbocycles. The van der Waals surface area contributed by atoms with Crippen LogP contribution in [0.1, 0.15) is 39.5 Å². The van der Waals surface area contributed by atoms with Crippen molar-refractivity contribution in [1.29, 1.82) is 0 Å². The van der Waals surface area contributed by atoms with Crippen LogP contribution in [0, 0.1) is 5.92 Å². The van der Waals surface area contributed by atoms with Gasteiger partial charge in [0.1, 0.15) is 0 Å². The average molecular weight is 203 g/mol. The van der Waals surface area contributed by atoms with Crippen LogP contribution in [0.3, 0.4) is 0 Å². The molecule has 0 aromatic rings. The van der Waals surface area contributed by atoms with Crippen LogP contribution in [0.5, 0.6) is 0 Å². The fourth-order valence-electron chi connectivity index (χ4n) is 1.88. The first-order valence-electron chi connectivity index (χ1n) is 5.22. The van der Waals surface area contributed by atoms with Gasteiger partial charge in [0.15, 0.2) is 0 Å². The molecule has 0 aliphatic heterocycles. The van der Waals surface area contributed by atoms with Gasteiger partial charge < -0.3 is 5.73 Å². The van der Waals surface area contributed by atoms with E-state index in [0.29, 0.717) is 17.2 Å². The predicted octanol–water partition coefficient (Wildman–Crippen LogP) is 1.66. The topological polar surface area (TPSA) is 43.1 Å². The van der Waals surface area contributed by atoms with E-state index in [0.717, 1.165) is 31.4 Å². The molecule has 1 rings (SSSR count). The summed E-state index contributed by atoms with van der Waals surface area (Å²) in [6.07, 6.45) is 4.37. The molecule has 1 fully saturated rings. The maximum Gasteiger partial charge on any atom is 0.0362 e. The molecule has 78 valence electrons. The Morgan fingerprint density at radius 1 is 1.46 bits per heavy atom. The second-order valence-electron chi connectivity index (χ2n) is 4.49. The molecule has 0 amide bonds. The van der Waals surface area contributed by atoms with Crippen molar-refractivity contribution >= 4 is 10.8 Å². The Morgan fingerprint density at radius 2 is 2.15 bits per heavy atom. The van der Waals surface area contributed by atoms with E-state index < -0.39 is 10.8 Å². The van der Waals surface area contributed by atoms with Crippen LogP contribution < -0.4 is 5.73 Å². The van der Waals surface area contributed by atoms with Crippen LogP contribution in [0.2, 0.25) is 0 Å². The fourth-order valence-corrected chi connectivity index (χ4v) is 3.71. The Kier molecular flexibility index (Phi) is 4.39. The van der Waals surface area contributed by atoms with Crippen LogP contribution in [0.4, 0.5) is 0 Å². The summed E-state index contributed by atoms with van der Waals surface area (Å²) in [6, 6.07) is 0.301. The molecule has 3 unspecified atom stereocenters. The molecule has 13 heavy (non-hydrogen) atoms. The minimum absolute atomic E-state index is 0.301. The van der Waals surface area contributed by atoms with E-state index >= 15 is 0 Å². The van der Waals surface area contributed by atoms with Gasteiger partial charge in [0, 0.05) is 27.8 Å². The lowest BCUT2D eigenvalue weighted by atomic mass is 9.96. The van der Waals surface area contributed by atoms with E-state index in [4.69, 9.17) is 5.73 Å². The van der Waals surface area contributed by atoms with Crippen molar-refractivity contribution in [2.45, 2.75) is 50.8 Å². The van der Waals surface area contributed by atoms with E-state index in [-0.39, 0.29) is 0 Å². The molecule has 1 aliphatic rings. The Bertz CT molecular complexity index is 182. The van der Waals surface area contributed by atoms with Gasteiger partial charge in [0.25, 0.3) is 0 Å². The first-order chi connectivity index (χ1) is 6.09. The van der Waals surface area contributed by atoms with Crippen molar-refractivity contribution in [2.75, 3.05) is 5.75 Å². The summed E-state index contributed by atoms with van der Waals surface area (Å²) in [5, 5.41) is 0.381. The highest BCUT2D eigenvalue weighted by molar-refractivity contribution is 7.85. The first-order valence-corrected chi connectivity index (χ1v) is 6.60. The number of hydrogen-bond donors (Lipinski definition) is 1. The Morgan fingerprint density at radius 3 is 2.69 bits per heavy atom. The van der Waals surface area contributed by atoms with Crippen molar-refractivity contribution in [3.8, 4) is 0 Å². The molecule has 0 aromatic heterocycles. The van der Waals surface area contributed by atoms with Gasteiger partial charge in [-0.3, -0.25) is 4.21 Å². The van der Waals surface area contributed by atoms with Crippen LogP contribution in [-0.4, -0.2) is 21.3 Å². The van der Waals surface area contributed by atoms with E-state index in [1.807, 2.05) is 0 Å². The Hall–Kier alpha value is 0.110. The zero-order valence-electron chi connectivity index (χ0n) is 8.66. The second kappa shape index (κ2) is 5.11. The minimum Gasteiger partial charge on any atom is -0.328 e. The third kappa shape index (κ3) is 3.77. The van der Waals surface area contributed by atoms with Gasteiger partial charge in [-0.2, -0.15) is 0 Å². The van der Waals surface area contributed by atoms with Gasteiger partial charge in [-0.05, 0) is 25.2 Å². The molecule has 3 heteroatoms. The highest BCUT2D eigenvalue weighted by Crippen LogP contribution is 2.22. The van der Waals surface area contributed by atoms with E-state index in [1.165, 1.54) is 0 Å². The lowest BCUT2D eigenvalue weighted by Gasteiger charge is -2.26. The average Bonchev–Trinajstić information content (AvgIpc) is 2.03. The predicted molar refractivity (Wildman–Crippen MR) is 58.1 cm³/mol. The second-order valence-corrected chi connectivity index (χ2v) is 6.25. The number of rotatable bonds is 3. The molecule has 2 N–H and O–H groups in total. The number of hydrogen-bond acceptors (Lipinski definition) is 2. The van der Waals surface area contributed by atoms with E-state index in [9.17, 15) is 4.21 Å². The van der Waals surface area contributed by atoms with E-state index in [1.54, 1.807) is 0 Å². The smallest absolute Gasteiger partial charge is 0.0362 e. The largest absolute Gasteiger partial charge is 0.328 e. The third-order valence-electron chi connectivity index (χ3n) is 2.54. The van der Waals surface area contributed by atoms with Crippen molar-refractivity contribution in [2.24, 2.45) is 11.7 Å². The molecule has 3 atom stereocenters. The van der Waals surface area contributed by atoms with Crippen LogP contribution in [-0.2, 0) is 10.8 Å². The van der Waals surface area contributed by atoms with Crippen LogP contribution >= 0.6 is 0 Å². The summed E-state index contributed by atoms with van der Waals surface area (Å²) in [5.41, 5.74) is 5.86. The van der Waals surface area contributed by atoms with Gasteiger partial charge in [-0.1, -0.05) is 20.3 Å². The summed E-state index contributed by atoms with van der Waals surface area (Å²) in [7, 11) is -0.637.